The molecule has 0 aliphatic carbocycles. The standard InChI is InChI=1S/C21H25NO5/c1-21(14-20(24)25,17-9-6-10-18(13-17)26-2)22-19(23)11-12-27-15-16-7-4-3-5-8-16/h3-10,13H,11-12,14-15H2,1-2H3,(H,22,23)(H,24,25). The highest BCUT2D eigenvalue weighted by atomic mass is 16.5. The van der Waals surface area contributed by atoms with Crippen LogP contribution in [-0.2, 0) is 26.5 Å². The molecule has 144 valence electrons. The average Bonchev–Trinajstić information content (AvgIpc) is 2.65. The summed E-state index contributed by atoms with van der Waals surface area (Å²) in [5, 5.41) is 12.1. The molecule has 0 saturated carbocycles. The number of amides is 1. The Balaban J connectivity index is 1.95. The zero-order chi connectivity index (χ0) is 19.7. The van der Waals surface area contributed by atoms with Gasteiger partial charge in [0.25, 0.3) is 0 Å². The number of carboxylic acid groups (broad SMARTS) is 1. The Labute approximate surface area is 159 Å². The van der Waals surface area contributed by atoms with Gasteiger partial charge in [0.05, 0.1) is 32.3 Å². The molecule has 0 spiro atoms. The molecule has 6 heteroatoms. The molecule has 2 aromatic rings. The van der Waals surface area contributed by atoms with Crippen LogP contribution in [0, 0.1) is 0 Å². The van der Waals surface area contributed by atoms with Gasteiger partial charge in [-0.1, -0.05) is 42.5 Å². The average molecular weight is 371 g/mol. The third kappa shape index (κ3) is 6.42. The van der Waals surface area contributed by atoms with E-state index in [-0.39, 0.29) is 25.4 Å². The molecule has 1 unspecified atom stereocenters. The van der Waals surface area contributed by atoms with Crippen molar-refractivity contribution in [3.63, 3.8) is 0 Å². The Morgan fingerprint density at radius 1 is 1.11 bits per heavy atom. The number of rotatable bonds is 10. The second-order valence-corrected chi connectivity index (χ2v) is 6.47. The minimum atomic E-state index is -1.04. The summed E-state index contributed by atoms with van der Waals surface area (Å²) in [4.78, 5) is 23.7. The lowest BCUT2D eigenvalue weighted by Gasteiger charge is -2.30. The maximum Gasteiger partial charge on any atom is 0.306 e. The van der Waals surface area contributed by atoms with Crippen LogP contribution >= 0.6 is 0 Å². The number of benzene rings is 2. The van der Waals surface area contributed by atoms with Gasteiger partial charge in [0.15, 0.2) is 0 Å². The first-order chi connectivity index (χ1) is 12.9. The topological polar surface area (TPSA) is 84.9 Å². The van der Waals surface area contributed by atoms with Gasteiger partial charge in [-0.15, -0.1) is 0 Å². The number of ether oxygens (including phenoxy) is 2. The molecule has 6 nitrogen and oxygen atoms in total. The predicted molar refractivity (Wildman–Crippen MR) is 101 cm³/mol. The normalized spacial score (nSPS) is 12.8. The van der Waals surface area contributed by atoms with Crippen LogP contribution in [0.1, 0.15) is 30.9 Å². The van der Waals surface area contributed by atoms with E-state index in [1.54, 1.807) is 31.2 Å². The van der Waals surface area contributed by atoms with Crippen LogP contribution in [-0.4, -0.2) is 30.7 Å². The molecular formula is C21H25NO5. The highest BCUT2D eigenvalue weighted by molar-refractivity contribution is 5.78. The molecule has 0 heterocycles. The first-order valence-electron chi connectivity index (χ1n) is 8.72. The number of carboxylic acids is 1. The second kappa shape index (κ2) is 9.73. The van der Waals surface area contributed by atoms with E-state index in [1.807, 2.05) is 30.3 Å². The van der Waals surface area contributed by atoms with Gasteiger partial charge in [0, 0.05) is 6.42 Å². The fourth-order valence-corrected chi connectivity index (χ4v) is 2.79. The fourth-order valence-electron chi connectivity index (χ4n) is 2.79. The van der Waals surface area contributed by atoms with Crippen LogP contribution in [0.5, 0.6) is 5.75 Å². The van der Waals surface area contributed by atoms with Crippen molar-refractivity contribution >= 4 is 11.9 Å². The van der Waals surface area contributed by atoms with Gasteiger partial charge in [0.2, 0.25) is 5.91 Å². The molecule has 1 amide bonds. The summed E-state index contributed by atoms with van der Waals surface area (Å²) >= 11 is 0. The van der Waals surface area contributed by atoms with Crippen molar-refractivity contribution in [1.82, 2.24) is 5.32 Å². The van der Waals surface area contributed by atoms with Crippen molar-refractivity contribution < 1.29 is 24.2 Å². The summed E-state index contributed by atoms with van der Waals surface area (Å²) in [5.41, 5.74) is 0.657. The number of hydrogen-bond donors (Lipinski definition) is 2. The predicted octanol–water partition coefficient (Wildman–Crippen LogP) is 3.11. The molecule has 0 radical (unpaired) electrons. The molecule has 2 rings (SSSR count). The van der Waals surface area contributed by atoms with Crippen LogP contribution < -0.4 is 10.1 Å². The third-order valence-electron chi connectivity index (χ3n) is 4.21. The number of carbonyl (C=O) groups excluding carboxylic acids is 1. The maximum absolute atomic E-state index is 12.4. The lowest BCUT2D eigenvalue weighted by Crippen LogP contribution is -2.45. The smallest absolute Gasteiger partial charge is 0.306 e. The Kier molecular flexibility index (Phi) is 7.37. The molecule has 2 N–H and O–H groups in total. The number of aliphatic carboxylic acids is 1. The molecule has 27 heavy (non-hydrogen) atoms. The summed E-state index contributed by atoms with van der Waals surface area (Å²) in [5.74, 6) is -0.667. The van der Waals surface area contributed by atoms with Crippen molar-refractivity contribution in [1.29, 1.82) is 0 Å². The quantitative estimate of drug-likeness (QED) is 0.627. The van der Waals surface area contributed by atoms with Crippen LogP contribution in [0.4, 0.5) is 0 Å². The minimum absolute atomic E-state index is 0.145. The van der Waals surface area contributed by atoms with Crippen molar-refractivity contribution in [3.8, 4) is 5.75 Å². The van der Waals surface area contributed by atoms with Gasteiger partial charge in [-0.25, -0.2) is 0 Å². The van der Waals surface area contributed by atoms with E-state index in [9.17, 15) is 14.7 Å². The molecule has 1 atom stereocenters. The molecule has 0 fully saturated rings. The van der Waals surface area contributed by atoms with Crippen molar-refractivity contribution in [2.24, 2.45) is 0 Å². The van der Waals surface area contributed by atoms with E-state index >= 15 is 0 Å². The third-order valence-corrected chi connectivity index (χ3v) is 4.21. The Bertz CT molecular complexity index is 762. The monoisotopic (exact) mass is 371 g/mol. The Morgan fingerprint density at radius 3 is 2.52 bits per heavy atom. The number of nitrogens with one attached hydrogen (secondary N) is 1. The van der Waals surface area contributed by atoms with Gasteiger partial charge in [0.1, 0.15) is 5.75 Å². The van der Waals surface area contributed by atoms with Crippen molar-refractivity contribution in [2.75, 3.05) is 13.7 Å². The first kappa shape index (κ1) is 20.5. The molecule has 0 aliphatic rings. The zero-order valence-electron chi connectivity index (χ0n) is 15.6. The highest BCUT2D eigenvalue weighted by Gasteiger charge is 2.31. The molecule has 2 aromatic carbocycles. The molecular weight excluding hydrogens is 346 g/mol. The molecule has 0 bridgehead atoms. The van der Waals surface area contributed by atoms with E-state index in [0.717, 1.165) is 5.56 Å². The van der Waals surface area contributed by atoms with Crippen LogP contribution in [0.25, 0.3) is 0 Å². The zero-order valence-corrected chi connectivity index (χ0v) is 15.6. The lowest BCUT2D eigenvalue weighted by atomic mass is 9.88. The summed E-state index contributed by atoms with van der Waals surface area (Å²) < 4.78 is 10.7. The van der Waals surface area contributed by atoms with Crippen LogP contribution in [0.15, 0.2) is 54.6 Å². The van der Waals surface area contributed by atoms with Gasteiger partial charge in [-0.05, 0) is 30.2 Å². The fraction of sp³-hybridized carbons (Fsp3) is 0.333. The molecule has 0 saturated heterocycles. The highest BCUT2D eigenvalue weighted by Crippen LogP contribution is 2.28. The van der Waals surface area contributed by atoms with Gasteiger partial charge < -0.3 is 19.9 Å². The summed E-state index contributed by atoms with van der Waals surface area (Å²) in [6, 6.07) is 16.7. The van der Waals surface area contributed by atoms with Crippen molar-refractivity contribution in [3.05, 3.63) is 65.7 Å². The van der Waals surface area contributed by atoms with Gasteiger partial charge in [-0.3, -0.25) is 9.59 Å². The summed E-state index contributed by atoms with van der Waals surface area (Å²) in [6.45, 7) is 2.37. The summed E-state index contributed by atoms with van der Waals surface area (Å²) in [7, 11) is 1.54. The SMILES string of the molecule is COc1cccc(C(C)(CC(=O)O)NC(=O)CCOCc2ccccc2)c1. The van der Waals surface area contributed by atoms with E-state index in [4.69, 9.17) is 9.47 Å². The van der Waals surface area contributed by atoms with Gasteiger partial charge in [-0.2, -0.15) is 0 Å². The van der Waals surface area contributed by atoms with E-state index in [0.29, 0.717) is 17.9 Å². The Hall–Kier alpha value is -2.86. The van der Waals surface area contributed by atoms with Crippen molar-refractivity contribution in [2.45, 2.75) is 31.9 Å². The van der Waals surface area contributed by atoms with Crippen LogP contribution in [0.2, 0.25) is 0 Å². The second-order valence-electron chi connectivity index (χ2n) is 6.47. The van der Waals surface area contributed by atoms with E-state index in [1.165, 1.54) is 7.11 Å². The van der Waals surface area contributed by atoms with E-state index < -0.39 is 11.5 Å². The van der Waals surface area contributed by atoms with E-state index in [2.05, 4.69) is 5.32 Å². The largest absolute Gasteiger partial charge is 0.497 e. The maximum atomic E-state index is 12.4. The number of hydrogen-bond acceptors (Lipinski definition) is 4. The van der Waals surface area contributed by atoms with Crippen LogP contribution in [0.3, 0.4) is 0 Å². The minimum Gasteiger partial charge on any atom is -0.497 e. The number of carbonyl (C=O) groups is 2. The molecule has 0 aromatic heterocycles. The Morgan fingerprint density at radius 2 is 1.85 bits per heavy atom. The number of methoxy groups -OCH3 is 1. The van der Waals surface area contributed by atoms with Gasteiger partial charge >= 0.3 is 5.97 Å². The summed E-state index contributed by atoms with van der Waals surface area (Å²) in [6.07, 6.45) is -0.0945. The molecule has 0 aliphatic heterocycles. The lowest BCUT2D eigenvalue weighted by molar-refractivity contribution is -0.139. The first-order valence-corrected chi connectivity index (χ1v) is 8.72.